The quantitative estimate of drug-likeness (QED) is 0.566. The maximum absolute atomic E-state index is 14.4. The molecule has 0 amide bonds. The van der Waals surface area contributed by atoms with Gasteiger partial charge in [0.2, 0.25) is 10.0 Å². The third-order valence-electron chi connectivity index (χ3n) is 4.47. The summed E-state index contributed by atoms with van der Waals surface area (Å²) in [7, 11) is -2.37. The first kappa shape index (κ1) is 22.4. The molecule has 0 aliphatic heterocycles. The molecule has 3 aromatic carbocycles. The van der Waals surface area contributed by atoms with Gasteiger partial charge in [0.15, 0.2) is 6.61 Å². The molecule has 0 bridgehead atoms. The number of nitrogens with zero attached hydrogens (tertiary/aromatic N) is 1. The number of carboxylic acids is 1. The van der Waals surface area contributed by atoms with Crippen LogP contribution in [0.5, 0.6) is 5.75 Å². The Kier molecular flexibility index (Phi) is 6.67. The van der Waals surface area contributed by atoms with Crippen LogP contribution in [-0.4, -0.2) is 37.5 Å². The molecule has 6 nitrogen and oxygen atoms in total. The molecule has 0 spiro atoms. The van der Waals surface area contributed by atoms with Crippen molar-refractivity contribution >= 4 is 16.0 Å². The van der Waals surface area contributed by atoms with Crippen LogP contribution in [0.25, 0.3) is 11.1 Å². The van der Waals surface area contributed by atoms with Crippen LogP contribution in [0.4, 0.5) is 8.78 Å². The molecule has 0 heterocycles. The molecule has 0 aromatic heterocycles. The van der Waals surface area contributed by atoms with Crippen LogP contribution >= 0.6 is 0 Å². The summed E-state index contributed by atoms with van der Waals surface area (Å²) >= 11 is 0. The molecular weight excluding hydrogens is 428 g/mol. The van der Waals surface area contributed by atoms with Crippen LogP contribution in [-0.2, 0) is 21.4 Å². The number of rotatable bonds is 8. The summed E-state index contributed by atoms with van der Waals surface area (Å²) in [6, 6.07) is 15.1. The molecule has 0 atom stereocenters. The van der Waals surface area contributed by atoms with Gasteiger partial charge in [-0.05, 0) is 48.0 Å². The fourth-order valence-corrected chi connectivity index (χ4v) is 4.15. The molecule has 0 radical (unpaired) electrons. The van der Waals surface area contributed by atoms with E-state index in [2.05, 4.69) is 0 Å². The zero-order valence-electron chi connectivity index (χ0n) is 16.5. The zero-order chi connectivity index (χ0) is 22.6. The number of carboxylic acid groups (broad SMARTS) is 1. The lowest BCUT2D eigenvalue weighted by atomic mass is 10.0. The van der Waals surface area contributed by atoms with E-state index in [1.54, 1.807) is 18.2 Å². The van der Waals surface area contributed by atoms with Gasteiger partial charge in [-0.2, -0.15) is 4.31 Å². The number of halogens is 2. The van der Waals surface area contributed by atoms with E-state index in [-0.39, 0.29) is 28.3 Å². The minimum atomic E-state index is -3.77. The number of ether oxygens (including phenoxy) is 1. The molecule has 9 heteroatoms. The van der Waals surface area contributed by atoms with Crippen LogP contribution in [0.3, 0.4) is 0 Å². The topological polar surface area (TPSA) is 83.9 Å². The Bertz CT molecular complexity index is 1200. The highest BCUT2D eigenvalue weighted by atomic mass is 32.2. The van der Waals surface area contributed by atoms with E-state index in [9.17, 15) is 22.0 Å². The van der Waals surface area contributed by atoms with E-state index >= 15 is 0 Å². The van der Waals surface area contributed by atoms with Gasteiger partial charge in [0.25, 0.3) is 0 Å². The minimum absolute atomic E-state index is 0.0317. The number of carbonyl (C=O) groups is 1. The standard InChI is InChI=1S/C22H19F2NO5S/c1-25(31(28,29)17-5-3-2-4-6-17)13-15-7-10-21(30-14-22(26)27)19(11-15)18-12-16(23)8-9-20(18)24/h2-12H,13-14H2,1H3,(H,26,27). The van der Waals surface area contributed by atoms with E-state index in [1.807, 2.05) is 0 Å². The van der Waals surface area contributed by atoms with Gasteiger partial charge in [-0.1, -0.05) is 24.3 Å². The Labute approximate surface area is 178 Å². The number of benzene rings is 3. The van der Waals surface area contributed by atoms with Crippen molar-refractivity contribution in [1.82, 2.24) is 4.31 Å². The van der Waals surface area contributed by atoms with Crippen molar-refractivity contribution in [3.63, 3.8) is 0 Å². The van der Waals surface area contributed by atoms with Crippen molar-refractivity contribution in [3.05, 3.63) is 83.9 Å². The Morgan fingerprint density at radius 3 is 2.39 bits per heavy atom. The smallest absolute Gasteiger partial charge is 0.341 e. The maximum atomic E-state index is 14.4. The summed E-state index contributed by atoms with van der Waals surface area (Å²) in [5.41, 5.74) is 0.459. The van der Waals surface area contributed by atoms with Gasteiger partial charge in [0.05, 0.1) is 4.90 Å². The normalized spacial score (nSPS) is 11.5. The predicted molar refractivity (Wildman–Crippen MR) is 110 cm³/mol. The molecule has 0 aliphatic rings. The van der Waals surface area contributed by atoms with Crippen molar-refractivity contribution in [2.75, 3.05) is 13.7 Å². The van der Waals surface area contributed by atoms with Crippen molar-refractivity contribution in [2.24, 2.45) is 0 Å². The molecule has 162 valence electrons. The SMILES string of the molecule is CN(Cc1ccc(OCC(=O)O)c(-c2cc(F)ccc2F)c1)S(=O)(=O)c1ccccc1. The van der Waals surface area contributed by atoms with Crippen molar-refractivity contribution in [1.29, 1.82) is 0 Å². The number of hydrogen-bond acceptors (Lipinski definition) is 4. The molecular formula is C22H19F2NO5S. The summed E-state index contributed by atoms with van der Waals surface area (Å²) < 4.78 is 60.0. The lowest BCUT2D eigenvalue weighted by Crippen LogP contribution is -2.26. The molecule has 0 saturated heterocycles. The molecule has 0 fully saturated rings. The number of hydrogen-bond donors (Lipinski definition) is 1. The van der Waals surface area contributed by atoms with Crippen molar-refractivity contribution in [3.8, 4) is 16.9 Å². The lowest BCUT2D eigenvalue weighted by Gasteiger charge is -2.19. The third-order valence-corrected chi connectivity index (χ3v) is 6.29. The highest BCUT2D eigenvalue weighted by molar-refractivity contribution is 7.89. The van der Waals surface area contributed by atoms with Crippen LogP contribution in [0.1, 0.15) is 5.56 Å². The summed E-state index contributed by atoms with van der Waals surface area (Å²) in [5, 5.41) is 8.87. The maximum Gasteiger partial charge on any atom is 0.341 e. The molecule has 0 aliphatic carbocycles. The minimum Gasteiger partial charge on any atom is -0.481 e. The van der Waals surface area contributed by atoms with Gasteiger partial charge in [0, 0.05) is 24.7 Å². The van der Waals surface area contributed by atoms with E-state index in [1.165, 1.54) is 37.4 Å². The fourth-order valence-electron chi connectivity index (χ4n) is 2.97. The summed E-state index contributed by atoms with van der Waals surface area (Å²) in [6.45, 7) is -0.730. The summed E-state index contributed by atoms with van der Waals surface area (Å²) in [6.07, 6.45) is 0. The average molecular weight is 447 g/mol. The summed E-state index contributed by atoms with van der Waals surface area (Å²) in [4.78, 5) is 11.0. The van der Waals surface area contributed by atoms with Crippen LogP contribution in [0.15, 0.2) is 71.6 Å². The highest BCUT2D eigenvalue weighted by Gasteiger charge is 2.21. The Morgan fingerprint density at radius 2 is 1.71 bits per heavy atom. The summed E-state index contributed by atoms with van der Waals surface area (Å²) in [5.74, 6) is -2.62. The van der Waals surface area contributed by atoms with Gasteiger partial charge < -0.3 is 9.84 Å². The van der Waals surface area contributed by atoms with Crippen molar-refractivity contribution < 1.29 is 31.8 Å². The van der Waals surface area contributed by atoms with E-state index in [0.29, 0.717) is 5.56 Å². The van der Waals surface area contributed by atoms with Gasteiger partial charge >= 0.3 is 5.97 Å². The Balaban J connectivity index is 1.98. The first-order valence-electron chi connectivity index (χ1n) is 9.13. The third kappa shape index (κ3) is 5.25. The van der Waals surface area contributed by atoms with Crippen LogP contribution in [0, 0.1) is 11.6 Å². The molecule has 0 saturated carbocycles. The highest BCUT2D eigenvalue weighted by Crippen LogP contribution is 2.34. The Morgan fingerprint density at radius 1 is 1.00 bits per heavy atom. The zero-order valence-corrected chi connectivity index (χ0v) is 17.3. The first-order chi connectivity index (χ1) is 14.7. The molecule has 1 N–H and O–H groups in total. The van der Waals surface area contributed by atoms with Gasteiger partial charge in [-0.3, -0.25) is 0 Å². The second-order valence-corrected chi connectivity index (χ2v) is 8.76. The number of sulfonamides is 1. The first-order valence-corrected chi connectivity index (χ1v) is 10.6. The largest absolute Gasteiger partial charge is 0.481 e. The van der Waals surface area contributed by atoms with E-state index in [0.717, 1.165) is 22.5 Å². The second kappa shape index (κ2) is 9.23. The fraction of sp³-hybridized carbons (Fsp3) is 0.136. The van der Waals surface area contributed by atoms with Crippen molar-refractivity contribution in [2.45, 2.75) is 11.4 Å². The average Bonchev–Trinajstić information content (AvgIpc) is 2.75. The van der Waals surface area contributed by atoms with Crippen LogP contribution in [0.2, 0.25) is 0 Å². The van der Waals surface area contributed by atoms with E-state index in [4.69, 9.17) is 9.84 Å². The van der Waals surface area contributed by atoms with Crippen LogP contribution < -0.4 is 4.74 Å². The number of aliphatic carboxylic acids is 1. The monoisotopic (exact) mass is 447 g/mol. The van der Waals surface area contributed by atoms with E-state index < -0.39 is 34.2 Å². The molecule has 3 aromatic rings. The van der Waals surface area contributed by atoms with Gasteiger partial charge in [0.1, 0.15) is 17.4 Å². The molecule has 0 unspecified atom stereocenters. The molecule has 31 heavy (non-hydrogen) atoms. The second-order valence-electron chi connectivity index (χ2n) is 6.71. The molecule has 3 rings (SSSR count). The lowest BCUT2D eigenvalue weighted by molar-refractivity contribution is -0.139. The predicted octanol–water partition coefficient (Wildman–Crippen LogP) is 3.92. The van der Waals surface area contributed by atoms with Gasteiger partial charge in [-0.25, -0.2) is 22.0 Å². The van der Waals surface area contributed by atoms with Gasteiger partial charge in [-0.15, -0.1) is 0 Å². The Hall–Kier alpha value is -3.30.